The number of carbonyl (C=O) groups is 1. The maximum atomic E-state index is 12.5. The molecule has 1 heterocycles. The van der Waals surface area contributed by atoms with Crippen LogP contribution in [0.5, 0.6) is 0 Å². The summed E-state index contributed by atoms with van der Waals surface area (Å²) in [7, 11) is 0. The van der Waals surface area contributed by atoms with Crippen LogP contribution in [0.3, 0.4) is 0 Å². The molecule has 4 rings (SSSR count). The van der Waals surface area contributed by atoms with Crippen molar-refractivity contribution in [1.29, 1.82) is 0 Å². The van der Waals surface area contributed by atoms with E-state index in [0.29, 0.717) is 11.0 Å². The fourth-order valence-electron chi connectivity index (χ4n) is 3.54. The molecule has 0 saturated carbocycles. The van der Waals surface area contributed by atoms with Crippen molar-refractivity contribution < 1.29 is 4.79 Å². The van der Waals surface area contributed by atoms with Gasteiger partial charge in [0, 0.05) is 5.56 Å². The molecule has 1 aliphatic carbocycles. The molecule has 0 spiro atoms. The van der Waals surface area contributed by atoms with E-state index in [1.54, 1.807) is 0 Å². The number of nitrogens with one attached hydrogen (secondary N) is 1. The Balaban J connectivity index is 1.39. The first-order valence-corrected chi connectivity index (χ1v) is 10.4. The lowest BCUT2D eigenvalue weighted by Gasteiger charge is -2.26. The average Bonchev–Trinajstić information content (AvgIpc) is 3.08. The molecule has 0 saturated heterocycles. The van der Waals surface area contributed by atoms with Crippen LogP contribution in [0.25, 0.3) is 11.4 Å². The van der Waals surface area contributed by atoms with Crippen molar-refractivity contribution in [2.45, 2.75) is 37.4 Å². The predicted octanol–water partition coefficient (Wildman–Crippen LogP) is 3.25. The second kappa shape index (κ2) is 8.06. The highest BCUT2D eigenvalue weighted by molar-refractivity contribution is 7.99. The van der Waals surface area contributed by atoms with Gasteiger partial charge in [0.05, 0.1) is 11.8 Å². The highest BCUT2D eigenvalue weighted by atomic mass is 32.2. The van der Waals surface area contributed by atoms with Crippen LogP contribution >= 0.6 is 11.8 Å². The minimum atomic E-state index is -0.0217. The SMILES string of the molecule is Cc1ccc(-c2nnc(SCC(=O)N[C@@H]3CCCc4ccccc43)n2N)cc1. The van der Waals surface area contributed by atoms with E-state index in [0.717, 1.165) is 24.8 Å². The smallest absolute Gasteiger partial charge is 0.230 e. The summed E-state index contributed by atoms with van der Waals surface area (Å²) in [5.74, 6) is 6.96. The lowest BCUT2D eigenvalue weighted by molar-refractivity contribution is -0.119. The van der Waals surface area contributed by atoms with Crippen molar-refractivity contribution in [3.63, 3.8) is 0 Å². The Hall–Kier alpha value is -2.80. The number of aryl methyl sites for hydroxylation is 2. The van der Waals surface area contributed by atoms with Crippen LogP contribution in [0.1, 0.15) is 35.6 Å². The minimum absolute atomic E-state index is 0.0217. The van der Waals surface area contributed by atoms with Crippen molar-refractivity contribution in [3.05, 3.63) is 65.2 Å². The number of nitrogens with two attached hydrogens (primary N) is 1. The molecule has 0 radical (unpaired) electrons. The van der Waals surface area contributed by atoms with E-state index in [-0.39, 0.29) is 17.7 Å². The molecule has 1 aliphatic rings. The topological polar surface area (TPSA) is 85.8 Å². The van der Waals surface area contributed by atoms with Gasteiger partial charge in [-0.2, -0.15) is 0 Å². The number of hydrogen-bond acceptors (Lipinski definition) is 5. The van der Waals surface area contributed by atoms with Crippen molar-refractivity contribution >= 4 is 17.7 Å². The Kier molecular flexibility index (Phi) is 5.34. The van der Waals surface area contributed by atoms with E-state index in [4.69, 9.17) is 5.84 Å². The van der Waals surface area contributed by atoms with Gasteiger partial charge in [-0.1, -0.05) is 65.9 Å². The number of aromatic nitrogens is 3. The third kappa shape index (κ3) is 3.89. The van der Waals surface area contributed by atoms with Crippen molar-refractivity contribution in [2.24, 2.45) is 0 Å². The highest BCUT2D eigenvalue weighted by Crippen LogP contribution is 2.29. The van der Waals surface area contributed by atoms with Gasteiger partial charge in [0.15, 0.2) is 5.82 Å². The van der Waals surface area contributed by atoms with E-state index >= 15 is 0 Å². The molecule has 144 valence electrons. The third-order valence-corrected chi connectivity index (χ3v) is 5.95. The zero-order valence-corrected chi connectivity index (χ0v) is 16.6. The summed E-state index contributed by atoms with van der Waals surface area (Å²) >= 11 is 1.30. The normalized spacial score (nSPS) is 15.8. The summed E-state index contributed by atoms with van der Waals surface area (Å²) in [5, 5.41) is 12.0. The van der Waals surface area contributed by atoms with Crippen LogP contribution in [-0.2, 0) is 11.2 Å². The first kappa shape index (κ1) is 18.6. The third-order valence-electron chi connectivity index (χ3n) is 5.01. The molecule has 1 amide bonds. The summed E-state index contributed by atoms with van der Waals surface area (Å²) in [6.07, 6.45) is 3.14. The Labute approximate surface area is 168 Å². The monoisotopic (exact) mass is 393 g/mol. The van der Waals surface area contributed by atoms with Gasteiger partial charge < -0.3 is 11.2 Å². The standard InChI is InChI=1S/C21H23N5OS/c1-14-9-11-16(12-10-14)20-24-25-21(26(20)22)28-13-19(27)23-18-8-4-6-15-5-2-3-7-17(15)18/h2-3,5,7,9-12,18H,4,6,8,13,22H2,1H3,(H,23,27)/t18-/m1/s1. The molecule has 3 N–H and O–H groups in total. The maximum Gasteiger partial charge on any atom is 0.230 e. The van der Waals surface area contributed by atoms with E-state index in [1.807, 2.05) is 37.3 Å². The maximum absolute atomic E-state index is 12.5. The molecule has 1 aromatic heterocycles. The Morgan fingerprint density at radius 3 is 2.82 bits per heavy atom. The molecule has 7 heteroatoms. The summed E-state index contributed by atoms with van der Waals surface area (Å²) in [5.41, 5.74) is 4.63. The molecule has 0 bridgehead atoms. The van der Waals surface area contributed by atoms with Crippen molar-refractivity contribution in [1.82, 2.24) is 20.2 Å². The molecule has 1 atom stereocenters. The number of nitrogens with zero attached hydrogens (tertiary/aromatic N) is 3. The first-order chi connectivity index (χ1) is 13.6. The number of carbonyl (C=O) groups excluding carboxylic acids is 1. The van der Waals surface area contributed by atoms with Crippen LogP contribution in [-0.4, -0.2) is 26.5 Å². The van der Waals surface area contributed by atoms with Gasteiger partial charge >= 0.3 is 0 Å². The molecule has 2 aromatic carbocycles. The van der Waals surface area contributed by atoms with E-state index in [9.17, 15) is 4.79 Å². The first-order valence-electron chi connectivity index (χ1n) is 9.39. The van der Waals surface area contributed by atoms with E-state index < -0.39 is 0 Å². The molecule has 0 aliphatic heterocycles. The molecule has 6 nitrogen and oxygen atoms in total. The lowest BCUT2D eigenvalue weighted by Crippen LogP contribution is -2.32. The summed E-state index contributed by atoms with van der Waals surface area (Å²) in [6, 6.07) is 16.4. The second-order valence-corrected chi connectivity index (χ2v) is 7.98. The van der Waals surface area contributed by atoms with Crippen molar-refractivity contribution in [3.8, 4) is 11.4 Å². The van der Waals surface area contributed by atoms with Gasteiger partial charge in [-0.15, -0.1) is 10.2 Å². The Bertz CT molecular complexity index is 983. The molecular formula is C21H23N5OS. The lowest BCUT2D eigenvalue weighted by atomic mass is 9.88. The number of hydrogen-bond donors (Lipinski definition) is 2. The quantitative estimate of drug-likeness (QED) is 0.513. The number of thioether (sulfide) groups is 1. The number of fused-ring (bicyclic) bond motifs is 1. The average molecular weight is 394 g/mol. The number of rotatable bonds is 5. The van der Waals surface area contributed by atoms with Gasteiger partial charge in [-0.05, 0) is 37.3 Å². The van der Waals surface area contributed by atoms with Crippen LogP contribution in [0.4, 0.5) is 0 Å². The summed E-state index contributed by atoms with van der Waals surface area (Å²) in [4.78, 5) is 12.5. The Morgan fingerprint density at radius 2 is 2.00 bits per heavy atom. The molecule has 28 heavy (non-hydrogen) atoms. The molecule has 0 fully saturated rings. The van der Waals surface area contributed by atoms with Gasteiger partial charge in [-0.3, -0.25) is 4.79 Å². The minimum Gasteiger partial charge on any atom is -0.349 e. The van der Waals surface area contributed by atoms with Gasteiger partial charge in [0.25, 0.3) is 0 Å². The van der Waals surface area contributed by atoms with Gasteiger partial charge in [0.1, 0.15) is 0 Å². The van der Waals surface area contributed by atoms with Gasteiger partial charge in [-0.25, -0.2) is 4.68 Å². The predicted molar refractivity (Wildman–Crippen MR) is 111 cm³/mol. The van der Waals surface area contributed by atoms with Crippen LogP contribution in [0.2, 0.25) is 0 Å². The van der Waals surface area contributed by atoms with E-state index in [1.165, 1.54) is 33.1 Å². The van der Waals surface area contributed by atoms with Crippen LogP contribution in [0.15, 0.2) is 53.7 Å². The van der Waals surface area contributed by atoms with E-state index in [2.05, 4.69) is 33.7 Å². The number of benzene rings is 2. The molecule has 0 unspecified atom stereocenters. The number of amides is 1. The largest absolute Gasteiger partial charge is 0.349 e. The summed E-state index contributed by atoms with van der Waals surface area (Å²) in [6.45, 7) is 2.03. The second-order valence-electron chi connectivity index (χ2n) is 7.04. The molecule has 3 aromatic rings. The van der Waals surface area contributed by atoms with Gasteiger partial charge in [0.2, 0.25) is 11.1 Å². The highest BCUT2D eigenvalue weighted by Gasteiger charge is 2.22. The van der Waals surface area contributed by atoms with Crippen molar-refractivity contribution in [2.75, 3.05) is 11.6 Å². The molecular weight excluding hydrogens is 370 g/mol. The fraction of sp³-hybridized carbons (Fsp3) is 0.286. The Morgan fingerprint density at radius 1 is 1.21 bits per heavy atom. The zero-order valence-electron chi connectivity index (χ0n) is 15.8. The fourth-order valence-corrected chi connectivity index (χ4v) is 4.21. The summed E-state index contributed by atoms with van der Waals surface area (Å²) < 4.78 is 1.44. The zero-order chi connectivity index (χ0) is 19.5. The van der Waals surface area contributed by atoms with Crippen LogP contribution in [0, 0.1) is 6.92 Å². The number of nitrogen functional groups attached to an aromatic ring is 1. The van der Waals surface area contributed by atoms with Crippen LogP contribution < -0.4 is 11.2 Å².